The molecule has 1 aliphatic heterocycles. The van der Waals surface area contributed by atoms with Gasteiger partial charge in [0.25, 0.3) is 0 Å². The van der Waals surface area contributed by atoms with Gasteiger partial charge < -0.3 is 8.98 Å². The van der Waals surface area contributed by atoms with Gasteiger partial charge in [0.2, 0.25) is 0 Å². The maximum absolute atomic E-state index is 5.46. The molecular formula is C15H18N6O. The monoisotopic (exact) mass is 298 g/mol. The summed E-state index contributed by atoms with van der Waals surface area (Å²) in [4.78, 5) is 11.0. The fourth-order valence-electron chi connectivity index (χ4n) is 3.03. The van der Waals surface area contributed by atoms with Gasteiger partial charge in [-0.1, -0.05) is 0 Å². The van der Waals surface area contributed by atoms with Crippen LogP contribution in [0.3, 0.4) is 0 Å². The zero-order valence-electron chi connectivity index (χ0n) is 12.5. The highest BCUT2D eigenvalue weighted by atomic mass is 16.3. The highest BCUT2D eigenvalue weighted by molar-refractivity contribution is 5.12. The Bertz CT molecular complexity index is 730. The van der Waals surface area contributed by atoms with Gasteiger partial charge in [-0.2, -0.15) is 5.10 Å². The third-order valence-electron chi connectivity index (χ3n) is 4.23. The first kappa shape index (κ1) is 13.3. The molecule has 0 saturated heterocycles. The molecule has 7 heteroatoms. The molecular weight excluding hydrogens is 280 g/mol. The van der Waals surface area contributed by atoms with E-state index in [9.17, 15) is 0 Å². The van der Waals surface area contributed by atoms with Crippen LogP contribution in [0.2, 0.25) is 0 Å². The zero-order chi connectivity index (χ0) is 14.9. The average molecular weight is 298 g/mol. The second-order valence-corrected chi connectivity index (χ2v) is 5.58. The highest BCUT2D eigenvalue weighted by Crippen LogP contribution is 2.27. The molecule has 0 saturated carbocycles. The summed E-state index contributed by atoms with van der Waals surface area (Å²) in [5.74, 6) is 2.10. The molecule has 0 radical (unpaired) electrons. The number of rotatable bonds is 4. The lowest BCUT2D eigenvalue weighted by atomic mass is 10.2. The summed E-state index contributed by atoms with van der Waals surface area (Å²) >= 11 is 0. The number of furan rings is 1. The second-order valence-electron chi connectivity index (χ2n) is 5.58. The maximum atomic E-state index is 5.46. The standard InChI is InChI=1S/C15H18N6O/c1-12-15-17-7-13(8-20-11-16-10-18-20)21(15)5-4-19(12)9-14-3-2-6-22-14/h2-3,6-7,10-12H,4-5,8-9H2,1H3/t12-/m1/s1. The van der Waals surface area contributed by atoms with E-state index in [4.69, 9.17) is 4.42 Å². The van der Waals surface area contributed by atoms with Crippen molar-refractivity contribution in [2.45, 2.75) is 32.6 Å². The van der Waals surface area contributed by atoms with Gasteiger partial charge in [0.15, 0.2) is 0 Å². The molecule has 0 spiro atoms. The van der Waals surface area contributed by atoms with Crippen LogP contribution in [0.1, 0.15) is 30.2 Å². The summed E-state index contributed by atoms with van der Waals surface area (Å²) < 4.78 is 9.58. The van der Waals surface area contributed by atoms with Crippen LogP contribution >= 0.6 is 0 Å². The van der Waals surface area contributed by atoms with Crippen molar-refractivity contribution in [3.63, 3.8) is 0 Å². The summed E-state index contributed by atoms with van der Waals surface area (Å²) in [7, 11) is 0. The van der Waals surface area contributed by atoms with Crippen LogP contribution in [0.15, 0.2) is 41.7 Å². The van der Waals surface area contributed by atoms with Crippen molar-refractivity contribution in [1.29, 1.82) is 0 Å². The summed E-state index contributed by atoms with van der Waals surface area (Å²) in [6.45, 7) is 5.64. The van der Waals surface area contributed by atoms with Crippen molar-refractivity contribution in [3.05, 3.63) is 54.5 Å². The van der Waals surface area contributed by atoms with Gasteiger partial charge in [0, 0.05) is 13.1 Å². The van der Waals surface area contributed by atoms with E-state index in [0.717, 1.165) is 31.2 Å². The van der Waals surface area contributed by atoms with Crippen LogP contribution in [-0.2, 0) is 19.6 Å². The molecule has 0 bridgehead atoms. The van der Waals surface area contributed by atoms with Crippen molar-refractivity contribution in [2.75, 3.05) is 6.54 Å². The van der Waals surface area contributed by atoms with Crippen LogP contribution in [0.25, 0.3) is 0 Å². The Balaban J connectivity index is 1.54. The molecule has 4 heterocycles. The van der Waals surface area contributed by atoms with Crippen LogP contribution in [0.4, 0.5) is 0 Å². The normalized spacial score (nSPS) is 18.5. The number of fused-ring (bicyclic) bond motifs is 1. The molecule has 4 rings (SSSR count). The summed E-state index contributed by atoms with van der Waals surface area (Å²) in [6, 6.07) is 4.22. The zero-order valence-corrected chi connectivity index (χ0v) is 12.5. The predicted molar refractivity (Wildman–Crippen MR) is 78.9 cm³/mol. The van der Waals surface area contributed by atoms with Gasteiger partial charge in [-0.05, 0) is 19.1 Å². The minimum Gasteiger partial charge on any atom is -0.468 e. The van der Waals surface area contributed by atoms with Crippen LogP contribution in [0, 0.1) is 0 Å². The fraction of sp³-hybridized carbons (Fsp3) is 0.400. The van der Waals surface area contributed by atoms with E-state index >= 15 is 0 Å². The molecule has 22 heavy (non-hydrogen) atoms. The van der Waals surface area contributed by atoms with E-state index in [-0.39, 0.29) is 6.04 Å². The molecule has 0 unspecified atom stereocenters. The first-order chi connectivity index (χ1) is 10.8. The molecule has 0 N–H and O–H groups in total. The number of aromatic nitrogens is 5. The molecule has 114 valence electrons. The number of imidazole rings is 1. The van der Waals surface area contributed by atoms with Gasteiger partial charge >= 0.3 is 0 Å². The fourth-order valence-corrected chi connectivity index (χ4v) is 3.03. The van der Waals surface area contributed by atoms with Gasteiger partial charge in [-0.25, -0.2) is 14.6 Å². The van der Waals surface area contributed by atoms with Gasteiger partial charge in [-0.15, -0.1) is 0 Å². The molecule has 7 nitrogen and oxygen atoms in total. The maximum Gasteiger partial charge on any atom is 0.137 e. The summed E-state index contributed by atoms with van der Waals surface area (Å²) in [5, 5.41) is 4.17. The summed E-state index contributed by atoms with van der Waals surface area (Å²) in [6.07, 6.45) is 6.96. The van der Waals surface area contributed by atoms with E-state index < -0.39 is 0 Å². The summed E-state index contributed by atoms with van der Waals surface area (Å²) in [5.41, 5.74) is 1.17. The van der Waals surface area contributed by atoms with Crippen LogP contribution < -0.4 is 0 Å². The Morgan fingerprint density at radius 3 is 3.05 bits per heavy atom. The van der Waals surface area contributed by atoms with Crippen molar-refractivity contribution in [3.8, 4) is 0 Å². The van der Waals surface area contributed by atoms with Gasteiger partial charge in [0.05, 0.1) is 37.3 Å². The lowest BCUT2D eigenvalue weighted by Crippen LogP contribution is -2.37. The predicted octanol–water partition coefficient (Wildman–Crippen LogP) is 1.69. The number of hydrogen-bond acceptors (Lipinski definition) is 5. The average Bonchev–Trinajstić information content (AvgIpc) is 3.25. The molecule has 0 fully saturated rings. The first-order valence-corrected chi connectivity index (χ1v) is 7.44. The van der Waals surface area contributed by atoms with E-state index in [1.807, 2.05) is 23.0 Å². The molecule has 3 aromatic rings. The number of hydrogen-bond donors (Lipinski definition) is 0. The van der Waals surface area contributed by atoms with Crippen LogP contribution in [-0.4, -0.2) is 35.8 Å². The minimum atomic E-state index is 0.267. The Morgan fingerprint density at radius 2 is 2.27 bits per heavy atom. The van der Waals surface area contributed by atoms with Crippen molar-refractivity contribution >= 4 is 0 Å². The molecule has 1 atom stereocenters. The smallest absolute Gasteiger partial charge is 0.137 e. The van der Waals surface area contributed by atoms with Gasteiger partial charge in [-0.3, -0.25) is 4.90 Å². The third kappa shape index (κ3) is 2.33. The molecule has 0 aliphatic carbocycles. The molecule has 0 aromatic carbocycles. The van der Waals surface area contributed by atoms with Gasteiger partial charge in [0.1, 0.15) is 24.2 Å². The van der Waals surface area contributed by atoms with E-state index in [1.165, 1.54) is 5.69 Å². The molecule has 3 aromatic heterocycles. The SMILES string of the molecule is C[C@@H]1c2ncc(Cn3cncn3)n2CCN1Cc1ccco1. The lowest BCUT2D eigenvalue weighted by Gasteiger charge is -2.33. The van der Waals surface area contributed by atoms with Crippen molar-refractivity contribution in [2.24, 2.45) is 0 Å². The Kier molecular flexibility index (Phi) is 3.27. The second kappa shape index (κ2) is 5.42. The molecule has 1 aliphatic rings. The van der Waals surface area contributed by atoms with Crippen molar-refractivity contribution in [1.82, 2.24) is 29.2 Å². The minimum absolute atomic E-state index is 0.267. The quantitative estimate of drug-likeness (QED) is 0.733. The first-order valence-electron chi connectivity index (χ1n) is 7.44. The lowest BCUT2D eigenvalue weighted by molar-refractivity contribution is 0.144. The highest BCUT2D eigenvalue weighted by Gasteiger charge is 2.27. The van der Waals surface area contributed by atoms with E-state index in [1.54, 1.807) is 18.9 Å². The largest absolute Gasteiger partial charge is 0.468 e. The van der Waals surface area contributed by atoms with E-state index in [0.29, 0.717) is 6.54 Å². The third-order valence-corrected chi connectivity index (χ3v) is 4.23. The Labute approximate surface area is 128 Å². The number of nitrogens with zero attached hydrogens (tertiary/aromatic N) is 6. The van der Waals surface area contributed by atoms with Crippen molar-refractivity contribution < 1.29 is 4.42 Å². The van der Waals surface area contributed by atoms with Crippen LogP contribution in [0.5, 0.6) is 0 Å². The Hall–Kier alpha value is -2.41. The topological polar surface area (TPSA) is 64.9 Å². The van der Waals surface area contributed by atoms with E-state index in [2.05, 4.69) is 31.5 Å². The molecule has 0 amide bonds. The Morgan fingerprint density at radius 1 is 1.32 bits per heavy atom.